The summed E-state index contributed by atoms with van der Waals surface area (Å²) >= 11 is 0. The minimum absolute atomic E-state index is 0.144. The number of fused-ring (bicyclic) bond motifs is 11. The second-order valence-electron chi connectivity index (χ2n) is 16.0. The number of benzene rings is 4. The van der Waals surface area contributed by atoms with Gasteiger partial charge < -0.3 is 13.9 Å². The number of rotatable bonds is 2. The van der Waals surface area contributed by atoms with Crippen LogP contribution in [0.25, 0.3) is 38.6 Å². The van der Waals surface area contributed by atoms with E-state index >= 15 is 0 Å². The molecule has 3 bridgehead atoms. The van der Waals surface area contributed by atoms with Gasteiger partial charge >= 0.3 is 7.12 Å². The van der Waals surface area contributed by atoms with Crippen molar-refractivity contribution < 1.29 is 9.31 Å². The summed E-state index contributed by atoms with van der Waals surface area (Å²) in [5.41, 5.74) is 10.4. The fraction of sp³-hybridized carbons (Fsp3) is 0.415. The first kappa shape index (κ1) is 26.8. The largest absolute Gasteiger partial charge is 0.494 e. The molecule has 0 radical (unpaired) electrons. The third-order valence-electron chi connectivity index (χ3n) is 13.4. The van der Waals surface area contributed by atoms with E-state index in [0.717, 1.165) is 29.1 Å². The molecule has 3 nitrogen and oxygen atoms in total. The minimum Gasteiger partial charge on any atom is -0.399 e. The van der Waals surface area contributed by atoms with Gasteiger partial charge in [0, 0.05) is 21.9 Å². The smallest absolute Gasteiger partial charge is 0.399 e. The molecule has 5 aliphatic rings. The fourth-order valence-electron chi connectivity index (χ4n) is 10.6. The fourth-order valence-corrected chi connectivity index (χ4v) is 10.6. The third-order valence-corrected chi connectivity index (χ3v) is 13.4. The molecule has 3 saturated carbocycles. The van der Waals surface area contributed by atoms with E-state index < -0.39 is 0 Å². The average molecular weight is 592 g/mol. The van der Waals surface area contributed by atoms with Gasteiger partial charge in [0.05, 0.1) is 22.2 Å². The molecule has 0 N–H and O–H groups in total. The quantitative estimate of drug-likeness (QED) is 0.191. The van der Waals surface area contributed by atoms with Crippen molar-refractivity contribution in [2.24, 2.45) is 23.7 Å². The zero-order valence-electron chi connectivity index (χ0n) is 27.0. The average Bonchev–Trinajstić information content (AvgIpc) is 3.59. The van der Waals surface area contributed by atoms with E-state index in [2.05, 4.69) is 117 Å². The molecule has 4 fully saturated rings. The molecule has 5 aromatic rings. The summed E-state index contributed by atoms with van der Waals surface area (Å²) in [5.74, 6) is 3.48. The number of aromatic nitrogens is 1. The lowest BCUT2D eigenvalue weighted by Crippen LogP contribution is -2.50. The Bertz CT molecular complexity index is 2020. The highest BCUT2D eigenvalue weighted by atomic mass is 16.7. The highest BCUT2D eigenvalue weighted by Gasteiger charge is 2.57. The lowest BCUT2D eigenvalue weighted by Gasteiger charge is -2.57. The molecule has 226 valence electrons. The van der Waals surface area contributed by atoms with E-state index in [0.29, 0.717) is 0 Å². The molecule has 1 spiro atoms. The van der Waals surface area contributed by atoms with Crippen molar-refractivity contribution >= 4 is 34.4 Å². The van der Waals surface area contributed by atoms with Gasteiger partial charge in [-0.2, -0.15) is 0 Å². The first-order chi connectivity index (χ1) is 21.7. The topological polar surface area (TPSA) is 23.4 Å². The highest BCUT2D eigenvalue weighted by molar-refractivity contribution is 6.62. The predicted octanol–water partition coefficient (Wildman–Crippen LogP) is 9.20. The lowest BCUT2D eigenvalue weighted by molar-refractivity contribution is -0.0103. The number of para-hydroxylation sites is 1. The zero-order chi connectivity index (χ0) is 30.3. The van der Waals surface area contributed by atoms with E-state index in [-0.39, 0.29) is 23.7 Å². The maximum Gasteiger partial charge on any atom is 0.494 e. The van der Waals surface area contributed by atoms with Gasteiger partial charge in [0.2, 0.25) is 0 Å². The minimum atomic E-state index is -0.374. The van der Waals surface area contributed by atoms with Crippen LogP contribution in [-0.2, 0) is 14.7 Å². The van der Waals surface area contributed by atoms with Gasteiger partial charge in [-0.05, 0) is 135 Å². The van der Waals surface area contributed by atoms with Gasteiger partial charge in [0.15, 0.2) is 0 Å². The van der Waals surface area contributed by atoms with Crippen LogP contribution in [0.4, 0.5) is 0 Å². The van der Waals surface area contributed by atoms with Gasteiger partial charge in [-0.25, -0.2) is 0 Å². The first-order valence-corrected chi connectivity index (χ1v) is 17.4. The maximum atomic E-state index is 6.47. The monoisotopic (exact) mass is 591 g/mol. The molecule has 0 amide bonds. The van der Waals surface area contributed by atoms with Crippen molar-refractivity contribution in [1.29, 1.82) is 0 Å². The van der Waals surface area contributed by atoms with Crippen LogP contribution in [0.3, 0.4) is 0 Å². The van der Waals surface area contributed by atoms with E-state index in [1.807, 2.05) is 0 Å². The van der Waals surface area contributed by atoms with E-state index in [4.69, 9.17) is 9.31 Å². The Hall–Kier alpha value is -3.34. The van der Waals surface area contributed by atoms with Crippen molar-refractivity contribution in [3.05, 3.63) is 96.1 Å². The Labute approximate surface area is 267 Å². The molecule has 4 aromatic carbocycles. The van der Waals surface area contributed by atoms with Gasteiger partial charge in [-0.15, -0.1) is 0 Å². The molecule has 5 unspecified atom stereocenters. The summed E-state index contributed by atoms with van der Waals surface area (Å²) in [5, 5.41) is 2.52. The van der Waals surface area contributed by atoms with Crippen LogP contribution >= 0.6 is 0 Å². The molecular formula is C41H42BNO2. The third kappa shape index (κ3) is 3.51. The normalized spacial score (nSPS) is 30.4. The summed E-state index contributed by atoms with van der Waals surface area (Å²) < 4.78 is 15.5. The van der Waals surface area contributed by atoms with Crippen LogP contribution in [0.5, 0.6) is 0 Å². The SMILES string of the molecule is CC1(C)OB(c2ccc3c(c2)c2ccccc2n3-c2ccc3c(c2)C2(CC4CCC5CC4CC2C5)c2ccccc2-3)OC1(C)C. The molecule has 1 aromatic heterocycles. The molecule has 45 heavy (non-hydrogen) atoms. The summed E-state index contributed by atoms with van der Waals surface area (Å²) in [6, 6.07) is 32.6. The number of hydrogen-bond donors (Lipinski definition) is 0. The molecule has 1 saturated heterocycles. The summed E-state index contributed by atoms with van der Waals surface area (Å²) in [7, 11) is -0.374. The second kappa shape index (κ2) is 8.93. The van der Waals surface area contributed by atoms with Gasteiger partial charge in [0.25, 0.3) is 0 Å². The van der Waals surface area contributed by atoms with Crippen molar-refractivity contribution in [3.8, 4) is 16.8 Å². The molecule has 4 aliphatic carbocycles. The second-order valence-corrected chi connectivity index (χ2v) is 16.0. The van der Waals surface area contributed by atoms with E-state index in [1.54, 1.807) is 11.1 Å². The maximum absolute atomic E-state index is 6.47. The Balaban J connectivity index is 1.16. The van der Waals surface area contributed by atoms with Gasteiger partial charge in [-0.3, -0.25) is 0 Å². The van der Waals surface area contributed by atoms with Crippen molar-refractivity contribution in [2.75, 3.05) is 0 Å². The first-order valence-electron chi connectivity index (χ1n) is 17.4. The highest BCUT2D eigenvalue weighted by Crippen LogP contribution is 2.66. The predicted molar refractivity (Wildman–Crippen MR) is 184 cm³/mol. The number of nitrogens with zero attached hydrogens (tertiary/aromatic N) is 1. The Morgan fingerprint density at radius 2 is 1.42 bits per heavy atom. The summed E-state index contributed by atoms with van der Waals surface area (Å²) in [6.07, 6.45) is 8.51. The van der Waals surface area contributed by atoms with Gasteiger partial charge in [-0.1, -0.05) is 67.1 Å². The van der Waals surface area contributed by atoms with Crippen molar-refractivity contribution in [2.45, 2.75) is 82.8 Å². The Kier molecular flexibility index (Phi) is 5.32. The van der Waals surface area contributed by atoms with Crippen LogP contribution in [-0.4, -0.2) is 22.9 Å². The molecule has 10 rings (SSSR count). The van der Waals surface area contributed by atoms with Crippen LogP contribution in [0, 0.1) is 23.7 Å². The van der Waals surface area contributed by atoms with Crippen LogP contribution in [0.2, 0.25) is 0 Å². The molecule has 2 heterocycles. The Morgan fingerprint density at radius 1 is 0.667 bits per heavy atom. The van der Waals surface area contributed by atoms with Crippen molar-refractivity contribution in [1.82, 2.24) is 4.57 Å². The zero-order valence-corrected chi connectivity index (χ0v) is 27.0. The standard InChI is InChI=1S/C41H42BNO2/c1-39(2)40(3,4)45-42(44-39)29-15-18-38-34(22-29)33-10-6-8-12-37(33)43(38)30-16-17-32-31-9-5-7-11-35(31)41(36(32)23-30)24-26-14-13-25-19-27(26)21-28(41)20-25/h5-12,15-18,22-23,25-28H,13-14,19-21,24H2,1-4H3. The summed E-state index contributed by atoms with van der Waals surface area (Å²) in [4.78, 5) is 0. The van der Waals surface area contributed by atoms with Crippen LogP contribution < -0.4 is 5.46 Å². The lowest BCUT2D eigenvalue weighted by atomic mass is 9.47. The molecular weight excluding hydrogens is 549 g/mol. The molecule has 4 heteroatoms. The molecule has 1 aliphatic heterocycles. The number of hydrogen-bond acceptors (Lipinski definition) is 2. The van der Waals surface area contributed by atoms with Crippen LogP contribution in [0.15, 0.2) is 84.9 Å². The van der Waals surface area contributed by atoms with E-state index in [1.165, 1.54) is 77.1 Å². The Morgan fingerprint density at radius 3 is 2.29 bits per heavy atom. The van der Waals surface area contributed by atoms with E-state index in [9.17, 15) is 0 Å². The molecule has 5 atom stereocenters. The van der Waals surface area contributed by atoms with Crippen molar-refractivity contribution in [3.63, 3.8) is 0 Å². The van der Waals surface area contributed by atoms with Gasteiger partial charge in [0.1, 0.15) is 0 Å². The van der Waals surface area contributed by atoms with Crippen LogP contribution in [0.1, 0.15) is 77.3 Å². The summed E-state index contributed by atoms with van der Waals surface area (Å²) in [6.45, 7) is 8.50.